The highest BCUT2D eigenvalue weighted by atomic mass is 35.5. The minimum Gasteiger partial charge on any atom is -0.323 e. The average molecular weight is 227 g/mol. The van der Waals surface area contributed by atoms with Gasteiger partial charge in [-0.15, -0.1) is 0 Å². The first-order valence-electron chi connectivity index (χ1n) is 5.11. The van der Waals surface area contributed by atoms with Gasteiger partial charge in [-0.25, -0.2) is 0 Å². The molecule has 1 aliphatic rings. The molecule has 3 N–H and O–H groups in total. The zero-order valence-electron chi connectivity index (χ0n) is 8.70. The molecule has 1 atom stereocenters. The normalized spacial score (nSPS) is 21.5. The van der Waals surface area contributed by atoms with Gasteiger partial charge in [0.05, 0.1) is 16.9 Å². The van der Waals surface area contributed by atoms with Gasteiger partial charge in [-0.3, -0.25) is 4.68 Å². The van der Waals surface area contributed by atoms with Crippen molar-refractivity contribution in [2.45, 2.75) is 19.5 Å². The van der Waals surface area contributed by atoms with Gasteiger partial charge in [-0.1, -0.05) is 17.7 Å². The molecule has 0 radical (unpaired) electrons. The van der Waals surface area contributed by atoms with E-state index < -0.39 is 0 Å². The topological polar surface area (TPSA) is 55.9 Å². The lowest BCUT2D eigenvalue weighted by Crippen LogP contribution is -2.37. The Balaban J connectivity index is 2.39. The first-order chi connectivity index (χ1) is 7.22. The number of nitrogens with one attached hydrogen (secondary N) is 1. The Bertz CT molecular complexity index is 383. The minimum atomic E-state index is 0.0602. The molecular weight excluding hydrogens is 212 g/mol. The van der Waals surface area contributed by atoms with Gasteiger partial charge in [0, 0.05) is 25.7 Å². The smallest absolute Gasteiger partial charge is 0.0862 e. The molecule has 0 spiro atoms. The second-order valence-corrected chi connectivity index (χ2v) is 4.05. The van der Waals surface area contributed by atoms with E-state index in [1.807, 2.05) is 11.6 Å². The fourth-order valence-corrected chi connectivity index (χ4v) is 2.10. The Kier molecular flexibility index (Phi) is 3.09. The Morgan fingerprint density at radius 2 is 2.53 bits per heavy atom. The molecule has 0 aromatic carbocycles. The molecule has 0 saturated heterocycles. The van der Waals surface area contributed by atoms with E-state index in [1.54, 1.807) is 6.20 Å². The van der Waals surface area contributed by atoms with E-state index in [0.717, 1.165) is 30.9 Å². The molecule has 0 fully saturated rings. The maximum absolute atomic E-state index is 6.11. The van der Waals surface area contributed by atoms with Crippen LogP contribution >= 0.6 is 11.6 Å². The van der Waals surface area contributed by atoms with E-state index in [2.05, 4.69) is 16.5 Å². The molecule has 1 unspecified atom stereocenters. The van der Waals surface area contributed by atoms with Gasteiger partial charge in [-0.05, 0) is 12.5 Å². The zero-order valence-corrected chi connectivity index (χ0v) is 9.46. The lowest BCUT2D eigenvalue weighted by atomic mass is 10.1. The van der Waals surface area contributed by atoms with Gasteiger partial charge in [0.15, 0.2) is 0 Å². The molecule has 0 bridgehead atoms. The molecular formula is C10H15ClN4. The second kappa shape index (κ2) is 4.35. The van der Waals surface area contributed by atoms with Crippen molar-refractivity contribution in [3.05, 3.63) is 23.0 Å². The molecule has 2 rings (SSSR count). The van der Waals surface area contributed by atoms with Crippen molar-refractivity contribution in [3.8, 4) is 0 Å². The predicted molar refractivity (Wildman–Crippen MR) is 61.7 cm³/mol. The minimum absolute atomic E-state index is 0.0602. The molecule has 5 heteroatoms. The van der Waals surface area contributed by atoms with Gasteiger partial charge in [0.2, 0.25) is 0 Å². The number of halogens is 1. The summed E-state index contributed by atoms with van der Waals surface area (Å²) in [6.07, 6.45) is 3.74. The standard InChI is InChI=1S/C10H15ClN4/c1-2-15-10(9(11)6-14-15)7-3-8(12)5-13-4-7/h3,6,8,13H,2,4-5,12H2,1H3. The highest BCUT2D eigenvalue weighted by Gasteiger charge is 2.17. The number of rotatable bonds is 2. The lowest BCUT2D eigenvalue weighted by molar-refractivity contribution is 0.630. The van der Waals surface area contributed by atoms with Crippen molar-refractivity contribution in [1.82, 2.24) is 15.1 Å². The third-order valence-electron chi connectivity index (χ3n) is 2.51. The number of nitrogens with two attached hydrogens (primary N) is 1. The molecule has 2 heterocycles. The molecule has 1 aromatic heterocycles. The summed E-state index contributed by atoms with van der Waals surface area (Å²) in [5, 5.41) is 8.16. The Hall–Kier alpha value is -0.840. The third kappa shape index (κ3) is 2.07. The Morgan fingerprint density at radius 1 is 1.73 bits per heavy atom. The van der Waals surface area contributed by atoms with Crippen LogP contribution in [0.4, 0.5) is 0 Å². The van der Waals surface area contributed by atoms with Crippen molar-refractivity contribution in [2.24, 2.45) is 5.73 Å². The van der Waals surface area contributed by atoms with Crippen LogP contribution in [-0.4, -0.2) is 28.9 Å². The molecule has 1 aliphatic heterocycles. The monoisotopic (exact) mass is 226 g/mol. The summed E-state index contributed by atoms with van der Waals surface area (Å²) in [7, 11) is 0. The van der Waals surface area contributed by atoms with E-state index >= 15 is 0 Å². The quantitative estimate of drug-likeness (QED) is 0.787. The van der Waals surface area contributed by atoms with E-state index in [-0.39, 0.29) is 6.04 Å². The summed E-state index contributed by atoms with van der Waals surface area (Å²) >= 11 is 6.11. The summed E-state index contributed by atoms with van der Waals surface area (Å²) in [6.45, 7) is 4.48. The van der Waals surface area contributed by atoms with Crippen LogP contribution in [0.5, 0.6) is 0 Å². The fourth-order valence-electron chi connectivity index (χ4n) is 1.83. The second-order valence-electron chi connectivity index (χ2n) is 3.64. The van der Waals surface area contributed by atoms with Crippen LogP contribution in [0, 0.1) is 0 Å². The molecule has 82 valence electrons. The van der Waals surface area contributed by atoms with Gasteiger partial charge < -0.3 is 11.1 Å². The molecule has 1 aromatic rings. The highest BCUT2D eigenvalue weighted by molar-refractivity contribution is 6.32. The van der Waals surface area contributed by atoms with Gasteiger partial charge in [-0.2, -0.15) is 5.10 Å². The van der Waals surface area contributed by atoms with Crippen molar-refractivity contribution in [2.75, 3.05) is 13.1 Å². The van der Waals surface area contributed by atoms with Crippen molar-refractivity contribution < 1.29 is 0 Å². The van der Waals surface area contributed by atoms with E-state index in [9.17, 15) is 0 Å². The number of aryl methyl sites for hydroxylation is 1. The van der Waals surface area contributed by atoms with E-state index in [0.29, 0.717) is 5.02 Å². The summed E-state index contributed by atoms with van der Waals surface area (Å²) in [6, 6.07) is 0.0602. The van der Waals surface area contributed by atoms with Crippen LogP contribution in [0.25, 0.3) is 5.57 Å². The van der Waals surface area contributed by atoms with Gasteiger partial charge >= 0.3 is 0 Å². The van der Waals surface area contributed by atoms with Gasteiger partial charge in [0.25, 0.3) is 0 Å². The summed E-state index contributed by atoms with van der Waals surface area (Å²) in [5.41, 5.74) is 7.99. The highest BCUT2D eigenvalue weighted by Crippen LogP contribution is 2.24. The zero-order chi connectivity index (χ0) is 10.8. The lowest BCUT2D eigenvalue weighted by Gasteiger charge is -2.20. The SMILES string of the molecule is CCn1ncc(Cl)c1C1=CC(N)CNC1. The third-order valence-corrected chi connectivity index (χ3v) is 2.79. The first kappa shape index (κ1) is 10.7. The number of hydrogen-bond donors (Lipinski definition) is 2. The average Bonchev–Trinajstić information content (AvgIpc) is 2.59. The summed E-state index contributed by atoms with van der Waals surface area (Å²) in [5.74, 6) is 0. The van der Waals surface area contributed by atoms with Gasteiger partial charge in [0.1, 0.15) is 0 Å². The van der Waals surface area contributed by atoms with Crippen molar-refractivity contribution in [1.29, 1.82) is 0 Å². The molecule has 15 heavy (non-hydrogen) atoms. The summed E-state index contributed by atoms with van der Waals surface area (Å²) in [4.78, 5) is 0. The Morgan fingerprint density at radius 3 is 3.20 bits per heavy atom. The van der Waals surface area contributed by atoms with Crippen LogP contribution in [-0.2, 0) is 6.54 Å². The van der Waals surface area contributed by atoms with Crippen LogP contribution in [0.3, 0.4) is 0 Å². The molecule has 0 aliphatic carbocycles. The predicted octanol–water partition coefficient (Wildman–Crippen LogP) is 0.870. The maximum Gasteiger partial charge on any atom is 0.0862 e. The van der Waals surface area contributed by atoms with Crippen LogP contribution in [0.15, 0.2) is 12.3 Å². The van der Waals surface area contributed by atoms with E-state index in [1.165, 1.54) is 0 Å². The van der Waals surface area contributed by atoms with Crippen LogP contribution in [0.1, 0.15) is 12.6 Å². The maximum atomic E-state index is 6.11. The molecule has 4 nitrogen and oxygen atoms in total. The molecule has 0 amide bonds. The van der Waals surface area contributed by atoms with Crippen molar-refractivity contribution in [3.63, 3.8) is 0 Å². The number of nitrogens with zero attached hydrogens (tertiary/aromatic N) is 2. The molecule has 0 saturated carbocycles. The Labute approximate surface area is 94.1 Å². The summed E-state index contributed by atoms with van der Waals surface area (Å²) < 4.78 is 1.90. The van der Waals surface area contributed by atoms with Crippen molar-refractivity contribution >= 4 is 17.2 Å². The van der Waals surface area contributed by atoms with Crippen LogP contribution < -0.4 is 11.1 Å². The van der Waals surface area contributed by atoms with Crippen LogP contribution in [0.2, 0.25) is 5.02 Å². The largest absolute Gasteiger partial charge is 0.323 e. The number of hydrogen-bond acceptors (Lipinski definition) is 3. The fraction of sp³-hybridized carbons (Fsp3) is 0.500. The first-order valence-corrected chi connectivity index (χ1v) is 5.49. The number of aromatic nitrogens is 2. The van der Waals surface area contributed by atoms with E-state index in [4.69, 9.17) is 17.3 Å².